The molecule has 0 aliphatic heterocycles. The first-order valence-corrected chi connectivity index (χ1v) is 2.89. The molecule has 0 heterocycles. The number of allylic oxidation sites excluding steroid dienone is 2. The summed E-state index contributed by atoms with van der Waals surface area (Å²) in [6.07, 6.45) is 3.80. The molecule has 0 aliphatic rings. The van der Waals surface area contributed by atoms with Gasteiger partial charge in [0.05, 0.1) is 0 Å². The van der Waals surface area contributed by atoms with Crippen molar-refractivity contribution in [3.8, 4) is 11.8 Å². The zero-order valence-corrected chi connectivity index (χ0v) is 5.73. The van der Waals surface area contributed by atoms with Gasteiger partial charge in [0.15, 0.2) is 0 Å². The Hall–Kier alpha value is -0.700. The average molecular weight is 108 g/mol. The Labute approximate surface area is 51.6 Å². The predicted octanol–water partition coefficient (Wildman–Crippen LogP) is 2.22. The summed E-state index contributed by atoms with van der Waals surface area (Å²) in [4.78, 5) is 0. The van der Waals surface area contributed by atoms with Gasteiger partial charge in [-0.05, 0) is 13.0 Å². The Kier molecular flexibility index (Phi) is 4.07. The molecule has 0 amide bonds. The van der Waals surface area contributed by atoms with Crippen molar-refractivity contribution in [1.82, 2.24) is 0 Å². The van der Waals surface area contributed by atoms with E-state index in [0.29, 0.717) is 5.92 Å². The van der Waals surface area contributed by atoms with E-state index in [1.165, 1.54) is 0 Å². The Morgan fingerprint density at radius 3 is 2.38 bits per heavy atom. The van der Waals surface area contributed by atoms with Gasteiger partial charge in [-0.3, -0.25) is 0 Å². The standard InChI is InChI=1S/C8H12/c1-4-5-6-7-8(2)3/h4-5,8H,1-3H3. The summed E-state index contributed by atoms with van der Waals surface area (Å²) < 4.78 is 0. The van der Waals surface area contributed by atoms with Crippen molar-refractivity contribution in [1.29, 1.82) is 0 Å². The quantitative estimate of drug-likeness (QED) is 0.417. The van der Waals surface area contributed by atoms with E-state index in [-0.39, 0.29) is 0 Å². The fourth-order valence-corrected chi connectivity index (χ4v) is 0.298. The molecule has 0 saturated heterocycles. The van der Waals surface area contributed by atoms with E-state index >= 15 is 0 Å². The molecule has 0 rings (SSSR count). The Balaban J connectivity index is 3.51. The zero-order chi connectivity index (χ0) is 6.41. The SMILES string of the molecule is CC=CC#CC(C)C. The third-order valence-electron chi connectivity index (χ3n) is 0.622. The van der Waals surface area contributed by atoms with Gasteiger partial charge >= 0.3 is 0 Å². The van der Waals surface area contributed by atoms with Gasteiger partial charge in [0.25, 0.3) is 0 Å². The molecule has 0 aromatic heterocycles. The molecule has 0 bridgehead atoms. The normalized spacial score (nSPS) is 9.50. The van der Waals surface area contributed by atoms with Crippen LogP contribution in [0.15, 0.2) is 12.2 Å². The summed E-state index contributed by atoms with van der Waals surface area (Å²) in [7, 11) is 0. The van der Waals surface area contributed by atoms with Gasteiger partial charge in [0, 0.05) is 5.92 Å². The van der Waals surface area contributed by atoms with Crippen LogP contribution in [0.2, 0.25) is 0 Å². The van der Waals surface area contributed by atoms with Gasteiger partial charge in [-0.15, -0.1) is 0 Å². The van der Waals surface area contributed by atoms with Gasteiger partial charge in [-0.1, -0.05) is 31.8 Å². The maximum absolute atomic E-state index is 3.01. The molecule has 0 unspecified atom stereocenters. The van der Waals surface area contributed by atoms with E-state index in [1.807, 2.05) is 19.1 Å². The van der Waals surface area contributed by atoms with E-state index in [0.717, 1.165) is 0 Å². The highest BCUT2D eigenvalue weighted by molar-refractivity contribution is 5.15. The molecule has 0 nitrogen and oxygen atoms in total. The van der Waals surface area contributed by atoms with Crippen LogP contribution < -0.4 is 0 Å². The lowest BCUT2D eigenvalue weighted by atomic mass is 10.2. The highest BCUT2D eigenvalue weighted by atomic mass is 13.8. The minimum absolute atomic E-state index is 0.492. The van der Waals surface area contributed by atoms with Crippen LogP contribution in [0, 0.1) is 17.8 Å². The van der Waals surface area contributed by atoms with Crippen LogP contribution in [-0.2, 0) is 0 Å². The van der Waals surface area contributed by atoms with Crippen molar-refractivity contribution < 1.29 is 0 Å². The van der Waals surface area contributed by atoms with Crippen LogP contribution in [0.1, 0.15) is 20.8 Å². The van der Waals surface area contributed by atoms with E-state index in [9.17, 15) is 0 Å². The summed E-state index contributed by atoms with van der Waals surface area (Å²) in [5.74, 6) is 6.41. The summed E-state index contributed by atoms with van der Waals surface area (Å²) >= 11 is 0. The van der Waals surface area contributed by atoms with Crippen LogP contribution >= 0.6 is 0 Å². The molecule has 0 N–H and O–H groups in total. The molecular weight excluding hydrogens is 96.1 g/mol. The molecule has 0 aliphatic carbocycles. The van der Waals surface area contributed by atoms with Gasteiger partial charge in [-0.25, -0.2) is 0 Å². The van der Waals surface area contributed by atoms with Crippen molar-refractivity contribution in [2.24, 2.45) is 5.92 Å². The van der Waals surface area contributed by atoms with Crippen LogP contribution in [0.4, 0.5) is 0 Å². The van der Waals surface area contributed by atoms with E-state index in [2.05, 4.69) is 25.7 Å². The van der Waals surface area contributed by atoms with E-state index in [1.54, 1.807) is 0 Å². The minimum atomic E-state index is 0.492. The summed E-state index contributed by atoms with van der Waals surface area (Å²) in [5.41, 5.74) is 0. The smallest absolute Gasteiger partial charge is 0.0149 e. The molecule has 0 saturated carbocycles. The fourth-order valence-electron chi connectivity index (χ4n) is 0.298. The second-order valence-electron chi connectivity index (χ2n) is 1.94. The van der Waals surface area contributed by atoms with Crippen molar-refractivity contribution in [2.75, 3.05) is 0 Å². The Morgan fingerprint density at radius 2 is 2.00 bits per heavy atom. The maximum atomic E-state index is 3.01. The highest BCUT2D eigenvalue weighted by Crippen LogP contribution is 1.84. The summed E-state index contributed by atoms with van der Waals surface area (Å²) in [6.45, 7) is 6.13. The van der Waals surface area contributed by atoms with Crippen LogP contribution in [0.3, 0.4) is 0 Å². The Morgan fingerprint density at radius 1 is 1.38 bits per heavy atom. The molecule has 0 fully saturated rings. The second-order valence-corrected chi connectivity index (χ2v) is 1.94. The minimum Gasteiger partial charge on any atom is -0.0957 e. The fraction of sp³-hybridized carbons (Fsp3) is 0.500. The van der Waals surface area contributed by atoms with Gasteiger partial charge in [-0.2, -0.15) is 0 Å². The van der Waals surface area contributed by atoms with Crippen molar-refractivity contribution in [2.45, 2.75) is 20.8 Å². The largest absolute Gasteiger partial charge is 0.0957 e. The lowest BCUT2D eigenvalue weighted by Crippen LogP contribution is -1.75. The van der Waals surface area contributed by atoms with Crippen molar-refractivity contribution in [3.63, 3.8) is 0 Å². The third-order valence-corrected chi connectivity index (χ3v) is 0.622. The molecule has 44 valence electrons. The van der Waals surface area contributed by atoms with E-state index in [4.69, 9.17) is 0 Å². The first-order valence-electron chi connectivity index (χ1n) is 2.89. The maximum Gasteiger partial charge on any atom is 0.0149 e. The second kappa shape index (κ2) is 4.46. The summed E-state index contributed by atoms with van der Waals surface area (Å²) in [6, 6.07) is 0. The molecule has 0 radical (unpaired) electrons. The van der Waals surface area contributed by atoms with Gasteiger partial charge < -0.3 is 0 Å². The topological polar surface area (TPSA) is 0 Å². The third kappa shape index (κ3) is 5.30. The molecule has 8 heavy (non-hydrogen) atoms. The lowest BCUT2D eigenvalue weighted by molar-refractivity contribution is 0.867. The number of hydrogen-bond donors (Lipinski definition) is 0. The van der Waals surface area contributed by atoms with Crippen molar-refractivity contribution in [3.05, 3.63) is 12.2 Å². The van der Waals surface area contributed by atoms with Gasteiger partial charge in [0.2, 0.25) is 0 Å². The molecule has 0 aromatic rings. The first kappa shape index (κ1) is 7.30. The summed E-state index contributed by atoms with van der Waals surface area (Å²) in [5, 5.41) is 0. The monoisotopic (exact) mass is 108 g/mol. The van der Waals surface area contributed by atoms with Crippen LogP contribution in [0.25, 0.3) is 0 Å². The molecular formula is C8H12. The molecule has 0 heteroatoms. The lowest BCUT2D eigenvalue weighted by Gasteiger charge is -1.82. The molecule has 0 atom stereocenters. The molecule has 0 spiro atoms. The predicted molar refractivity (Wildman–Crippen MR) is 37.4 cm³/mol. The average Bonchev–Trinajstić information content (AvgIpc) is 1.66. The van der Waals surface area contributed by atoms with Gasteiger partial charge in [0.1, 0.15) is 0 Å². The number of rotatable bonds is 0. The van der Waals surface area contributed by atoms with Crippen molar-refractivity contribution >= 4 is 0 Å². The van der Waals surface area contributed by atoms with Crippen LogP contribution in [0.5, 0.6) is 0 Å². The number of hydrogen-bond acceptors (Lipinski definition) is 0. The first-order chi connectivity index (χ1) is 3.77. The Bertz CT molecular complexity index is 119. The molecule has 0 aromatic carbocycles. The van der Waals surface area contributed by atoms with Crippen LogP contribution in [-0.4, -0.2) is 0 Å². The zero-order valence-electron chi connectivity index (χ0n) is 5.73. The van der Waals surface area contributed by atoms with E-state index < -0.39 is 0 Å². The highest BCUT2D eigenvalue weighted by Gasteiger charge is 1.76.